The Kier molecular flexibility index (Phi) is 5.10. The molecule has 2 heterocycles. The van der Waals surface area contributed by atoms with E-state index < -0.39 is 5.92 Å². The molecular weight excluding hydrogens is 406 g/mol. The summed E-state index contributed by atoms with van der Waals surface area (Å²) in [6, 6.07) is 28.2. The third-order valence-electron chi connectivity index (χ3n) is 5.30. The number of hydrogen-bond donors (Lipinski definition) is 1. The van der Waals surface area contributed by atoms with Gasteiger partial charge in [0.1, 0.15) is 11.5 Å². The van der Waals surface area contributed by atoms with Gasteiger partial charge in [0.15, 0.2) is 0 Å². The molecule has 0 fully saturated rings. The lowest BCUT2D eigenvalue weighted by atomic mass is 9.87. The third-order valence-corrected chi connectivity index (χ3v) is 6.38. The van der Waals surface area contributed by atoms with Crippen LogP contribution >= 0.6 is 11.3 Å². The first-order valence-electron chi connectivity index (χ1n) is 10.0. The first-order chi connectivity index (χ1) is 15.2. The lowest BCUT2D eigenvalue weighted by Crippen LogP contribution is -2.31. The standard InChI is InChI=1S/C26H19NO3S/c28-25(17-8-2-1-3-9-17)23-15-14-18(31-23)16-27-26(29)24-19-10-4-6-12-21(19)30-22-13-7-5-11-20(22)24/h1-15,24H,16H2,(H,27,29). The molecule has 1 N–H and O–H groups in total. The zero-order chi connectivity index (χ0) is 21.2. The summed E-state index contributed by atoms with van der Waals surface area (Å²) in [5, 5.41) is 3.05. The Hall–Kier alpha value is -3.70. The summed E-state index contributed by atoms with van der Waals surface area (Å²) in [6.07, 6.45) is 0. The van der Waals surface area contributed by atoms with E-state index in [0.717, 1.165) is 16.0 Å². The summed E-state index contributed by atoms with van der Waals surface area (Å²) >= 11 is 1.41. The van der Waals surface area contributed by atoms with Crippen molar-refractivity contribution in [2.45, 2.75) is 12.5 Å². The predicted molar refractivity (Wildman–Crippen MR) is 121 cm³/mol. The zero-order valence-electron chi connectivity index (χ0n) is 16.6. The van der Waals surface area contributed by atoms with Gasteiger partial charge in [-0.15, -0.1) is 11.3 Å². The van der Waals surface area contributed by atoms with E-state index >= 15 is 0 Å². The highest BCUT2D eigenvalue weighted by Crippen LogP contribution is 2.43. The smallest absolute Gasteiger partial charge is 0.232 e. The van der Waals surface area contributed by atoms with E-state index in [1.54, 1.807) is 0 Å². The fourth-order valence-corrected chi connectivity index (χ4v) is 4.70. The van der Waals surface area contributed by atoms with Gasteiger partial charge in [-0.3, -0.25) is 9.59 Å². The van der Waals surface area contributed by atoms with Crippen LogP contribution in [0.15, 0.2) is 91.0 Å². The molecule has 5 rings (SSSR count). The van der Waals surface area contributed by atoms with Crippen molar-refractivity contribution in [1.82, 2.24) is 5.32 Å². The first-order valence-corrected chi connectivity index (χ1v) is 10.8. The van der Waals surface area contributed by atoms with E-state index in [2.05, 4.69) is 5.32 Å². The summed E-state index contributed by atoms with van der Waals surface area (Å²) < 4.78 is 5.98. The monoisotopic (exact) mass is 425 g/mol. The van der Waals surface area contributed by atoms with Crippen molar-refractivity contribution in [2.24, 2.45) is 0 Å². The summed E-state index contributed by atoms with van der Waals surface area (Å²) in [5.74, 6) is 0.871. The predicted octanol–water partition coefficient (Wildman–Crippen LogP) is 5.53. The maximum Gasteiger partial charge on any atom is 0.232 e. The van der Waals surface area contributed by atoms with Gasteiger partial charge in [0, 0.05) is 21.6 Å². The maximum absolute atomic E-state index is 13.2. The minimum Gasteiger partial charge on any atom is -0.457 e. The second kappa shape index (κ2) is 8.20. The summed E-state index contributed by atoms with van der Waals surface area (Å²) in [7, 11) is 0. The number of ketones is 1. The topological polar surface area (TPSA) is 55.4 Å². The molecule has 1 aliphatic heterocycles. The molecule has 0 saturated heterocycles. The van der Waals surface area contributed by atoms with Crippen molar-refractivity contribution in [2.75, 3.05) is 0 Å². The van der Waals surface area contributed by atoms with Gasteiger partial charge in [-0.2, -0.15) is 0 Å². The minimum atomic E-state index is -0.438. The van der Waals surface area contributed by atoms with Crippen LogP contribution in [0.5, 0.6) is 11.5 Å². The average Bonchev–Trinajstić information content (AvgIpc) is 3.30. The molecular formula is C26H19NO3S. The summed E-state index contributed by atoms with van der Waals surface area (Å²) in [5.41, 5.74) is 2.37. The number of benzene rings is 3. The molecule has 0 unspecified atom stereocenters. The highest BCUT2D eigenvalue weighted by molar-refractivity contribution is 7.14. The Labute approximate surface area is 184 Å². The molecule has 0 saturated carbocycles. The maximum atomic E-state index is 13.2. The van der Waals surface area contributed by atoms with Crippen LogP contribution in [0.4, 0.5) is 0 Å². The molecule has 0 atom stereocenters. The van der Waals surface area contributed by atoms with Crippen LogP contribution in [0.3, 0.4) is 0 Å². The lowest BCUT2D eigenvalue weighted by molar-refractivity contribution is -0.122. The van der Waals surface area contributed by atoms with Gasteiger partial charge in [-0.05, 0) is 24.3 Å². The Balaban J connectivity index is 1.34. The molecule has 4 nitrogen and oxygen atoms in total. The van der Waals surface area contributed by atoms with E-state index in [4.69, 9.17) is 4.74 Å². The van der Waals surface area contributed by atoms with E-state index in [0.29, 0.717) is 28.5 Å². The van der Waals surface area contributed by atoms with Gasteiger partial charge in [0.05, 0.1) is 17.3 Å². The second-order valence-electron chi connectivity index (χ2n) is 7.29. The number of fused-ring (bicyclic) bond motifs is 2. The second-order valence-corrected chi connectivity index (χ2v) is 8.46. The quantitative estimate of drug-likeness (QED) is 0.428. The molecule has 1 amide bonds. The van der Waals surface area contributed by atoms with Crippen LogP contribution in [0.2, 0.25) is 0 Å². The van der Waals surface area contributed by atoms with Crippen molar-refractivity contribution in [3.8, 4) is 11.5 Å². The van der Waals surface area contributed by atoms with Crippen molar-refractivity contribution in [3.63, 3.8) is 0 Å². The fourth-order valence-electron chi connectivity index (χ4n) is 3.80. The lowest BCUT2D eigenvalue weighted by Gasteiger charge is -2.27. The molecule has 0 bridgehead atoms. The number of carbonyl (C=O) groups excluding carboxylic acids is 2. The van der Waals surface area contributed by atoms with Crippen LogP contribution in [0, 0.1) is 0 Å². The van der Waals surface area contributed by atoms with E-state index in [-0.39, 0.29) is 11.7 Å². The van der Waals surface area contributed by atoms with Crippen molar-refractivity contribution in [1.29, 1.82) is 0 Å². The molecule has 31 heavy (non-hydrogen) atoms. The van der Waals surface area contributed by atoms with Crippen LogP contribution in [0.1, 0.15) is 37.2 Å². The minimum absolute atomic E-state index is 0.00420. The fraction of sp³-hybridized carbons (Fsp3) is 0.0769. The van der Waals surface area contributed by atoms with Crippen LogP contribution < -0.4 is 10.1 Å². The van der Waals surface area contributed by atoms with E-state index in [1.807, 2.05) is 91.0 Å². The molecule has 1 aliphatic rings. The van der Waals surface area contributed by atoms with Gasteiger partial charge in [-0.1, -0.05) is 66.7 Å². The van der Waals surface area contributed by atoms with Gasteiger partial charge < -0.3 is 10.1 Å². The van der Waals surface area contributed by atoms with E-state index in [1.165, 1.54) is 11.3 Å². The Morgan fingerprint density at radius 2 is 1.39 bits per heavy atom. The van der Waals surface area contributed by atoms with Gasteiger partial charge >= 0.3 is 0 Å². The molecule has 4 aromatic rings. The molecule has 3 aromatic carbocycles. The Bertz CT molecular complexity index is 1220. The number of rotatable bonds is 5. The molecule has 152 valence electrons. The molecule has 0 radical (unpaired) electrons. The van der Waals surface area contributed by atoms with E-state index in [9.17, 15) is 9.59 Å². The normalized spacial score (nSPS) is 12.4. The molecule has 5 heteroatoms. The molecule has 1 aromatic heterocycles. The summed E-state index contributed by atoms with van der Waals surface area (Å²) in [6.45, 7) is 0.368. The highest BCUT2D eigenvalue weighted by Gasteiger charge is 2.32. The SMILES string of the molecule is O=C(c1ccccc1)c1ccc(CNC(=O)C2c3ccccc3Oc3ccccc32)s1. The van der Waals surface area contributed by atoms with Crippen LogP contribution in [-0.4, -0.2) is 11.7 Å². The first kappa shape index (κ1) is 19.3. The number of hydrogen-bond acceptors (Lipinski definition) is 4. The number of nitrogens with one attached hydrogen (secondary N) is 1. The van der Waals surface area contributed by atoms with Crippen molar-refractivity contribution in [3.05, 3.63) is 117 Å². The van der Waals surface area contributed by atoms with Crippen LogP contribution in [0.25, 0.3) is 0 Å². The third kappa shape index (κ3) is 3.76. The number of carbonyl (C=O) groups is 2. The number of para-hydroxylation sites is 2. The van der Waals surface area contributed by atoms with Gasteiger partial charge in [-0.25, -0.2) is 0 Å². The molecule has 0 spiro atoms. The Morgan fingerprint density at radius 3 is 2.06 bits per heavy atom. The number of ether oxygens (including phenoxy) is 1. The van der Waals surface area contributed by atoms with Gasteiger partial charge in [0.2, 0.25) is 11.7 Å². The van der Waals surface area contributed by atoms with Crippen molar-refractivity contribution >= 4 is 23.0 Å². The molecule has 0 aliphatic carbocycles. The van der Waals surface area contributed by atoms with Crippen LogP contribution in [-0.2, 0) is 11.3 Å². The Morgan fingerprint density at radius 1 is 0.774 bits per heavy atom. The van der Waals surface area contributed by atoms with Crippen molar-refractivity contribution < 1.29 is 14.3 Å². The number of thiophene rings is 1. The largest absolute Gasteiger partial charge is 0.457 e. The zero-order valence-corrected chi connectivity index (χ0v) is 17.4. The average molecular weight is 426 g/mol. The number of amides is 1. The van der Waals surface area contributed by atoms with Gasteiger partial charge in [0.25, 0.3) is 0 Å². The summed E-state index contributed by atoms with van der Waals surface area (Å²) in [4.78, 5) is 27.5. The highest BCUT2D eigenvalue weighted by atomic mass is 32.1.